The van der Waals surface area contributed by atoms with E-state index >= 15 is 0 Å². The quantitative estimate of drug-likeness (QED) is 0.286. The molecule has 1 atom stereocenters. The highest BCUT2D eigenvalue weighted by atomic mass is 35.5. The molecule has 2 aromatic carbocycles. The Hall–Kier alpha value is -3.75. The molecule has 2 N–H and O–H groups in total. The normalized spacial score (nSPS) is 14.2. The lowest BCUT2D eigenvalue weighted by Crippen LogP contribution is -2.27. The van der Waals surface area contributed by atoms with Crippen LogP contribution in [0.25, 0.3) is 27.0 Å². The van der Waals surface area contributed by atoms with Crippen LogP contribution in [0.1, 0.15) is 41.9 Å². The second kappa shape index (κ2) is 9.04. The minimum Gasteiger partial charge on any atom is -0.344 e. The first kappa shape index (κ1) is 22.7. The Labute approximate surface area is 216 Å². The average Bonchev–Trinajstić information content (AvgIpc) is 3.52. The van der Waals surface area contributed by atoms with Crippen LogP contribution in [0.5, 0.6) is 0 Å². The molecule has 9 heteroatoms. The summed E-state index contributed by atoms with van der Waals surface area (Å²) in [6.07, 6.45) is 5.42. The zero-order valence-corrected chi connectivity index (χ0v) is 20.9. The molecule has 0 radical (unpaired) electrons. The zero-order chi connectivity index (χ0) is 24.8. The Balaban J connectivity index is 1.26. The van der Waals surface area contributed by atoms with Crippen LogP contribution in [-0.2, 0) is 4.79 Å². The standard InChI is InChI=1S/C27H22ClN5O2S/c1-15(16-4-8-20(28)9-5-16)30-26(35)22-13-29-24-11-7-19(14-33(22)24)18-6-10-21-23(12-18)36-27(31-21)32-25(34)17-2-3-17/h4-15,17H,2-3H2,1H3,(H,30,35)(H,31,32,34)/t15-/m0/s1. The van der Waals surface area contributed by atoms with Gasteiger partial charge in [0, 0.05) is 17.1 Å². The predicted octanol–water partition coefficient (Wildman–Crippen LogP) is 6.10. The molecule has 2 amide bonds. The van der Waals surface area contributed by atoms with Crippen LogP contribution in [0, 0.1) is 5.92 Å². The Bertz CT molecular complexity index is 1620. The summed E-state index contributed by atoms with van der Waals surface area (Å²) >= 11 is 7.45. The maximum absolute atomic E-state index is 13.1. The lowest BCUT2D eigenvalue weighted by molar-refractivity contribution is -0.117. The fourth-order valence-corrected chi connectivity index (χ4v) is 5.17. The van der Waals surface area contributed by atoms with Gasteiger partial charge < -0.3 is 10.6 Å². The number of imidazole rings is 1. The molecular formula is C27H22ClN5O2S. The molecule has 0 aliphatic heterocycles. The highest BCUT2D eigenvalue weighted by molar-refractivity contribution is 7.22. The van der Waals surface area contributed by atoms with Crippen molar-refractivity contribution in [1.29, 1.82) is 0 Å². The summed E-state index contributed by atoms with van der Waals surface area (Å²) in [6, 6.07) is 17.1. The topological polar surface area (TPSA) is 88.4 Å². The van der Waals surface area contributed by atoms with Gasteiger partial charge in [0.15, 0.2) is 5.13 Å². The minimum absolute atomic E-state index is 0.0519. The van der Waals surface area contributed by atoms with Crippen molar-refractivity contribution in [3.63, 3.8) is 0 Å². The minimum atomic E-state index is -0.212. The van der Waals surface area contributed by atoms with E-state index in [-0.39, 0.29) is 23.8 Å². The monoisotopic (exact) mass is 515 g/mol. The number of hydrogen-bond donors (Lipinski definition) is 2. The summed E-state index contributed by atoms with van der Waals surface area (Å²) in [5.41, 5.74) is 4.88. The molecule has 0 bridgehead atoms. The molecule has 3 aromatic heterocycles. The predicted molar refractivity (Wildman–Crippen MR) is 142 cm³/mol. The molecule has 1 saturated carbocycles. The molecule has 1 fully saturated rings. The van der Waals surface area contributed by atoms with E-state index in [0.717, 1.165) is 39.7 Å². The van der Waals surface area contributed by atoms with Gasteiger partial charge in [-0.1, -0.05) is 41.1 Å². The summed E-state index contributed by atoms with van der Waals surface area (Å²) in [6.45, 7) is 1.93. The number of carbonyl (C=O) groups excluding carboxylic acids is 2. The largest absolute Gasteiger partial charge is 0.344 e. The van der Waals surface area contributed by atoms with E-state index in [1.807, 2.05) is 61.7 Å². The molecular weight excluding hydrogens is 494 g/mol. The third-order valence-electron chi connectivity index (χ3n) is 6.36. The van der Waals surface area contributed by atoms with Crippen molar-refractivity contribution in [1.82, 2.24) is 19.7 Å². The highest BCUT2D eigenvalue weighted by Crippen LogP contribution is 2.34. The van der Waals surface area contributed by atoms with E-state index < -0.39 is 0 Å². The number of aromatic nitrogens is 3. The molecule has 1 aliphatic rings. The molecule has 0 saturated heterocycles. The van der Waals surface area contributed by atoms with Crippen molar-refractivity contribution in [2.75, 3.05) is 5.32 Å². The van der Waals surface area contributed by atoms with Crippen LogP contribution in [0.4, 0.5) is 5.13 Å². The van der Waals surface area contributed by atoms with Crippen LogP contribution in [0.2, 0.25) is 5.02 Å². The van der Waals surface area contributed by atoms with Gasteiger partial charge in [0.05, 0.1) is 22.5 Å². The molecule has 36 heavy (non-hydrogen) atoms. The zero-order valence-electron chi connectivity index (χ0n) is 19.4. The van der Waals surface area contributed by atoms with E-state index in [1.165, 1.54) is 11.3 Å². The number of halogens is 1. The smallest absolute Gasteiger partial charge is 0.270 e. The van der Waals surface area contributed by atoms with Crippen molar-refractivity contribution < 1.29 is 9.59 Å². The first-order valence-corrected chi connectivity index (χ1v) is 12.9. The number of benzene rings is 2. The molecule has 1 aliphatic carbocycles. The SMILES string of the molecule is C[C@H](NC(=O)c1cnc2ccc(-c3ccc4nc(NC(=O)C5CC5)sc4c3)cn12)c1ccc(Cl)cc1. The number of thiazole rings is 1. The highest BCUT2D eigenvalue weighted by Gasteiger charge is 2.30. The first-order chi connectivity index (χ1) is 17.4. The van der Waals surface area contributed by atoms with Gasteiger partial charge in [0.1, 0.15) is 11.3 Å². The summed E-state index contributed by atoms with van der Waals surface area (Å²) in [5, 5.41) is 7.25. The van der Waals surface area contributed by atoms with E-state index in [1.54, 1.807) is 10.6 Å². The number of hydrogen-bond acceptors (Lipinski definition) is 5. The molecule has 3 heterocycles. The van der Waals surface area contributed by atoms with Crippen LogP contribution in [0.3, 0.4) is 0 Å². The Morgan fingerprint density at radius 1 is 1.08 bits per heavy atom. The van der Waals surface area contributed by atoms with Crippen LogP contribution < -0.4 is 10.6 Å². The number of rotatable bonds is 6. The van der Waals surface area contributed by atoms with Gasteiger partial charge in [-0.25, -0.2) is 9.97 Å². The number of nitrogens with zero attached hydrogens (tertiary/aromatic N) is 3. The molecule has 0 spiro atoms. The van der Waals surface area contributed by atoms with Gasteiger partial charge in [-0.3, -0.25) is 14.0 Å². The number of fused-ring (bicyclic) bond motifs is 2. The van der Waals surface area contributed by atoms with Crippen molar-refractivity contribution in [3.05, 3.63) is 83.3 Å². The second-order valence-corrected chi connectivity index (χ2v) is 10.5. The molecule has 6 rings (SSSR count). The third-order valence-corrected chi connectivity index (χ3v) is 7.54. The third kappa shape index (κ3) is 4.45. The average molecular weight is 516 g/mol. The maximum Gasteiger partial charge on any atom is 0.270 e. The second-order valence-electron chi connectivity index (χ2n) is 9.00. The lowest BCUT2D eigenvalue weighted by Gasteiger charge is -2.14. The maximum atomic E-state index is 13.1. The van der Waals surface area contributed by atoms with Gasteiger partial charge in [-0.15, -0.1) is 0 Å². The van der Waals surface area contributed by atoms with Crippen molar-refractivity contribution >= 4 is 55.7 Å². The number of pyridine rings is 1. The summed E-state index contributed by atoms with van der Waals surface area (Å²) < 4.78 is 2.79. The van der Waals surface area contributed by atoms with Gasteiger partial charge in [0.25, 0.3) is 5.91 Å². The van der Waals surface area contributed by atoms with Gasteiger partial charge in [0.2, 0.25) is 5.91 Å². The summed E-state index contributed by atoms with van der Waals surface area (Å²) in [4.78, 5) is 34.1. The number of amides is 2. The van der Waals surface area contributed by atoms with Gasteiger partial charge in [-0.2, -0.15) is 0 Å². The van der Waals surface area contributed by atoms with Crippen molar-refractivity contribution in [2.45, 2.75) is 25.8 Å². The molecule has 180 valence electrons. The lowest BCUT2D eigenvalue weighted by atomic mass is 10.1. The van der Waals surface area contributed by atoms with E-state index in [0.29, 0.717) is 21.5 Å². The number of nitrogens with one attached hydrogen (secondary N) is 2. The fraction of sp³-hybridized carbons (Fsp3) is 0.185. The van der Waals surface area contributed by atoms with Gasteiger partial charge >= 0.3 is 0 Å². The Morgan fingerprint density at radius 3 is 2.64 bits per heavy atom. The van der Waals surface area contributed by atoms with Crippen LogP contribution in [-0.4, -0.2) is 26.2 Å². The van der Waals surface area contributed by atoms with E-state index in [9.17, 15) is 9.59 Å². The Morgan fingerprint density at radius 2 is 1.86 bits per heavy atom. The van der Waals surface area contributed by atoms with Crippen molar-refractivity contribution in [2.24, 2.45) is 5.92 Å². The van der Waals surface area contributed by atoms with Gasteiger partial charge in [-0.05, 0) is 72.9 Å². The van der Waals surface area contributed by atoms with E-state index in [4.69, 9.17) is 11.6 Å². The first-order valence-electron chi connectivity index (χ1n) is 11.7. The van der Waals surface area contributed by atoms with Crippen LogP contribution in [0.15, 0.2) is 67.0 Å². The number of anilines is 1. The fourth-order valence-electron chi connectivity index (χ4n) is 4.14. The Kier molecular flexibility index (Phi) is 5.70. The van der Waals surface area contributed by atoms with Crippen molar-refractivity contribution in [3.8, 4) is 11.1 Å². The summed E-state index contributed by atoms with van der Waals surface area (Å²) in [5.74, 6) is -0.0258. The molecule has 0 unspecified atom stereocenters. The molecule has 7 nitrogen and oxygen atoms in total. The summed E-state index contributed by atoms with van der Waals surface area (Å²) in [7, 11) is 0. The van der Waals surface area contributed by atoms with Crippen LogP contribution >= 0.6 is 22.9 Å². The number of carbonyl (C=O) groups is 2. The molecule has 5 aromatic rings. The van der Waals surface area contributed by atoms with E-state index in [2.05, 4.69) is 26.7 Å².